The highest BCUT2D eigenvalue weighted by Gasteiger charge is 2.41. The minimum absolute atomic E-state index is 0.0216. The van der Waals surface area contributed by atoms with Gasteiger partial charge in [-0.1, -0.05) is 11.6 Å². The smallest absolute Gasteiger partial charge is 0.194 e. The van der Waals surface area contributed by atoms with Crippen LogP contribution in [0.3, 0.4) is 0 Å². The molecule has 2 aliphatic rings. The normalized spacial score (nSPS) is 18.1. The third kappa shape index (κ3) is 4.16. The number of nitrogens with one attached hydrogen (secondary N) is 2. The molecule has 11 nitrogen and oxygen atoms in total. The van der Waals surface area contributed by atoms with Crippen LogP contribution < -0.4 is 35.7 Å². The van der Waals surface area contributed by atoms with Crippen molar-refractivity contribution in [1.82, 2.24) is 0 Å². The molecule has 2 atom stereocenters. The maximum atomic E-state index is 14.3. The molecule has 5 aromatic carbocycles. The van der Waals surface area contributed by atoms with Crippen molar-refractivity contribution in [2.45, 2.75) is 51.6 Å². The Labute approximate surface area is 275 Å². The number of benzene rings is 5. The van der Waals surface area contributed by atoms with Gasteiger partial charge in [0.15, 0.2) is 22.4 Å². The van der Waals surface area contributed by atoms with E-state index in [1.54, 1.807) is 0 Å². The Morgan fingerprint density at radius 2 is 1.48 bits per heavy atom. The van der Waals surface area contributed by atoms with Crippen LogP contribution in [0.4, 0.5) is 11.4 Å². The molecule has 48 heavy (non-hydrogen) atoms. The molecular formula is C37H38N2O9. The number of ketones is 1. The number of ether oxygens (including phenoxy) is 4. The second-order valence-electron chi connectivity index (χ2n) is 13.2. The molecule has 0 bridgehead atoms. The van der Waals surface area contributed by atoms with E-state index in [4.69, 9.17) is 18.9 Å². The predicted octanol–water partition coefficient (Wildman–Crippen LogP) is 5.10. The zero-order valence-electron chi connectivity index (χ0n) is 28.0. The van der Waals surface area contributed by atoms with Crippen molar-refractivity contribution in [2.75, 3.05) is 51.8 Å². The van der Waals surface area contributed by atoms with Crippen LogP contribution in [0.15, 0.2) is 27.3 Å². The van der Waals surface area contributed by atoms with Crippen LogP contribution >= 0.6 is 0 Å². The Balaban J connectivity index is 1.80. The van der Waals surface area contributed by atoms with Crippen molar-refractivity contribution in [1.29, 1.82) is 0 Å². The monoisotopic (exact) mass is 654 g/mol. The fraction of sp³-hybridized carbons (Fsp3) is 0.378. The fourth-order valence-corrected chi connectivity index (χ4v) is 8.13. The number of phenolic OH excluding ortho intramolecular Hbond substituents is 1. The third-order valence-corrected chi connectivity index (χ3v) is 10.1. The van der Waals surface area contributed by atoms with Gasteiger partial charge in [-0.05, 0) is 39.5 Å². The van der Waals surface area contributed by atoms with E-state index >= 15 is 0 Å². The Morgan fingerprint density at radius 3 is 2.06 bits per heavy atom. The van der Waals surface area contributed by atoms with Gasteiger partial charge in [0.1, 0.15) is 17.3 Å². The highest BCUT2D eigenvalue weighted by molar-refractivity contribution is 6.41. The number of methoxy groups -OCH3 is 3. The van der Waals surface area contributed by atoms with Crippen LogP contribution in [-0.2, 0) is 9.53 Å². The number of hydrogen-bond donors (Lipinski definition) is 4. The predicted molar refractivity (Wildman–Crippen MR) is 187 cm³/mol. The van der Waals surface area contributed by atoms with Crippen LogP contribution in [0.25, 0.3) is 49.2 Å². The van der Waals surface area contributed by atoms with Crippen LogP contribution in [-0.4, -0.2) is 68.7 Å². The number of rotatable bonds is 9. The molecule has 0 saturated carbocycles. The Morgan fingerprint density at radius 1 is 0.854 bits per heavy atom. The summed E-state index contributed by atoms with van der Waals surface area (Å²) in [6.07, 6.45) is 2.54. The Hall–Kier alpha value is -4.87. The zero-order valence-corrected chi connectivity index (χ0v) is 28.0. The lowest BCUT2D eigenvalue weighted by Crippen LogP contribution is -2.52. The number of Topliss-reactive ketones (excluding diaryl/α,β-unsaturated/α-hetero) is 1. The fourth-order valence-electron chi connectivity index (χ4n) is 8.13. The summed E-state index contributed by atoms with van der Waals surface area (Å²) in [4.78, 5) is 41.7. The first-order valence-corrected chi connectivity index (χ1v) is 15.9. The number of aliphatic hydroxyl groups is 1. The summed E-state index contributed by atoms with van der Waals surface area (Å²) in [7, 11) is 4.34. The summed E-state index contributed by atoms with van der Waals surface area (Å²) in [6.45, 7) is 8.00. The average molecular weight is 655 g/mol. The maximum absolute atomic E-state index is 14.3. The van der Waals surface area contributed by atoms with E-state index in [9.17, 15) is 24.6 Å². The number of carbonyl (C=O) groups excluding carboxylic acids is 1. The molecule has 0 amide bonds. The number of aromatic hydroxyl groups is 1. The number of phenols is 1. The Kier molecular flexibility index (Phi) is 7.33. The minimum Gasteiger partial charge on any atom is -0.504 e. The lowest BCUT2D eigenvalue weighted by molar-refractivity contribution is -0.117. The van der Waals surface area contributed by atoms with Crippen LogP contribution in [0.5, 0.6) is 23.0 Å². The van der Waals surface area contributed by atoms with E-state index in [0.717, 1.165) is 5.56 Å². The molecule has 1 heterocycles. The number of anilines is 2. The van der Waals surface area contributed by atoms with Crippen molar-refractivity contribution >= 4 is 66.3 Å². The second kappa shape index (κ2) is 11.1. The molecule has 11 heteroatoms. The number of hydrogen-bond acceptors (Lipinski definition) is 11. The summed E-state index contributed by atoms with van der Waals surface area (Å²) in [6, 6.07) is 2.57. The van der Waals surface area contributed by atoms with Crippen LogP contribution in [0, 0.1) is 0 Å². The summed E-state index contributed by atoms with van der Waals surface area (Å²) >= 11 is 0. The van der Waals surface area contributed by atoms with Gasteiger partial charge in [-0.2, -0.15) is 0 Å². The lowest BCUT2D eigenvalue weighted by Gasteiger charge is -2.44. The molecular weight excluding hydrogens is 616 g/mol. The van der Waals surface area contributed by atoms with Crippen molar-refractivity contribution in [2.24, 2.45) is 0 Å². The van der Waals surface area contributed by atoms with E-state index in [2.05, 4.69) is 24.5 Å². The highest BCUT2D eigenvalue weighted by Crippen LogP contribution is 2.59. The molecule has 0 fully saturated rings. The van der Waals surface area contributed by atoms with Gasteiger partial charge in [0, 0.05) is 56.8 Å². The lowest BCUT2D eigenvalue weighted by atomic mass is 9.79. The topological polar surface area (TPSA) is 153 Å². The summed E-state index contributed by atoms with van der Waals surface area (Å²) in [5.74, 6) is -0.842. The quantitative estimate of drug-likeness (QED) is 0.0954. The van der Waals surface area contributed by atoms with E-state index in [-0.39, 0.29) is 58.9 Å². The van der Waals surface area contributed by atoms with Crippen LogP contribution in [0.2, 0.25) is 0 Å². The van der Waals surface area contributed by atoms with E-state index < -0.39 is 16.9 Å². The molecule has 0 spiro atoms. The largest absolute Gasteiger partial charge is 0.504 e. The molecule has 1 aliphatic carbocycles. The van der Waals surface area contributed by atoms with Gasteiger partial charge in [0.25, 0.3) is 0 Å². The van der Waals surface area contributed by atoms with E-state index in [0.29, 0.717) is 73.2 Å². The van der Waals surface area contributed by atoms with Crippen molar-refractivity contribution in [3.63, 3.8) is 0 Å². The first kappa shape index (κ1) is 31.7. The summed E-state index contributed by atoms with van der Waals surface area (Å²) in [5, 5.41) is 32.0. The van der Waals surface area contributed by atoms with Crippen molar-refractivity contribution < 1.29 is 34.0 Å². The van der Waals surface area contributed by atoms with Gasteiger partial charge in [0.2, 0.25) is 0 Å². The molecule has 250 valence electrons. The zero-order chi connectivity index (χ0) is 34.4. The molecule has 0 radical (unpaired) electrons. The molecule has 1 aliphatic heterocycles. The third-order valence-electron chi connectivity index (χ3n) is 10.1. The van der Waals surface area contributed by atoms with Gasteiger partial charge >= 0.3 is 0 Å². The maximum Gasteiger partial charge on any atom is 0.194 e. The standard InChI is InChI=1S/C37H38N2O9/c1-15-12-17-24-29-25(34-33(17)39-37(3,4)22(38-34)8-10-48-11-9-40)18(42)13-20(45-5)27(29)28-21(46-6)14-19(43)26-31(28)30(24)32(23(15)16(2)41)36(47-7)35(26)44/h12-14,22-23,38-40,44H,8-11H2,1-7H3. The number of aliphatic hydroxyl groups excluding tert-OH is 1. The molecule has 5 aromatic rings. The van der Waals surface area contributed by atoms with Gasteiger partial charge in [-0.25, -0.2) is 0 Å². The SMILES string of the molecule is COc1c(O)c2c(=O)cc(OC)c3c4c(OC)cc(=O)c5c6c(c7c(c(c1C(C(C)=O)C(C)=C7)c23)c54)NC(C)(C)C(CCOCCO)N6. The first-order chi connectivity index (χ1) is 22.9. The molecule has 0 aromatic heterocycles. The molecule has 2 unspecified atom stereocenters. The molecule has 0 saturated heterocycles. The van der Waals surface area contributed by atoms with Crippen molar-refractivity contribution in [3.05, 3.63) is 49.3 Å². The van der Waals surface area contributed by atoms with Crippen molar-refractivity contribution in [3.8, 4) is 23.0 Å². The Bertz CT molecular complexity index is 2330. The van der Waals surface area contributed by atoms with Gasteiger partial charge in [0.05, 0.1) is 74.2 Å². The summed E-state index contributed by atoms with van der Waals surface area (Å²) in [5.41, 5.74) is 1.80. The minimum atomic E-state index is -0.836. The number of allylic oxidation sites excluding steroid dienone is 1. The highest BCUT2D eigenvalue weighted by atomic mass is 16.5. The summed E-state index contributed by atoms with van der Waals surface area (Å²) < 4.78 is 23.2. The van der Waals surface area contributed by atoms with Crippen LogP contribution in [0.1, 0.15) is 51.2 Å². The van der Waals surface area contributed by atoms with E-state index in [1.165, 1.54) is 40.4 Å². The second-order valence-corrected chi connectivity index (χ2v) is 13.2. The number of carbonyl (C=O) groups is 1. The average Bonchev–Trinajstić information content (AvgIpc) is 3.17. The number of fused-ring (bicyclic) bond motifs is 4. The molecule has 7 rings (SSSR count). The van der Waals surface area contributed by atoms with Gasteiger partial charge in [-0.15, -0.1) is 0 Å². The molecule has 4 N–H and O–H groups in total. The van der Waals surface area contributed by atoms with E-state index in [1.807, 2.05) is 13.0 Å². The first-order valence-electron chi connectivity index (χ1n) is 15.9. The van der Waals surface area contributed by atoms with Gasteiger partial charge < -0.3 is 39.8 Å². The van der Waals surface area contributed by atoms with Gasteiger partial charge in [-0.3, -0.25) is 14.4 Å².